The van der Waals surface area contributed by atoms with Crippen molar-refractivity contribution in [1.82, 2.24) is 10.7 Å². The zero-order valence-corrected chi connectivity index (χ0v) is 22.3. The van der Waals surface area contributed by atoms with Gasteiger partial charge in [0.05, 0.1) is 17.7 Å². The molecule has 1 atom stereocenters. The normalized spacial score (nSPS) is 11.7. The molecule has 0 fully saturated rings. The molecular weight excluding hydrogens is 500 g/mol. The molecule has 3 aromatic rings. The van der Waals surface area contributed by atoms with E-state index in [2.05, 4.69) is 15.8 Å². The molecule has 0 aliphatic carbocycles. The van der Waals surface area contributed by atoms with Gasteiger partial charge in [0.1, 0.15) is 12.6 Å². The van der Waals surface area contributed by atoms with Gasteiger partial charge < -0.3 is 14.8 Å². The predicted octanol–water partition coefficient (Wildman–Crippen LogP) is 4.79. The zero-order valence-electron chi connectivity index (χ0n) is 22.3. The maximum atomic E-state index is 12.8. The lowest BCUT2D eigenvalue weighted by atomic mass is 10.0. The molecule has 0 heterocycles. The van der Waals surface area contributed by atoms with E-state index in [0.29, 0.717) is 29.2 Å². The molecule has 0 bridgehead atoms. The van der Waals surface area contributed by atoms with Crippen LogP contribution in [0.5, 0.6) is 11.5 Å². The Hall–Kier alpha value is -4.73. The van der Waals surface area contributed by atoms with Crippen molar-refractivity contribution in [2.45, 2.75) is 40.3 Å². The SMILES string of the molecule is CCOc1cc(/C=N\NC(=O)C(NC(=O)c2ccc(C)cc2)C(C)C)ccc1OCc1ccc([N+](=O)[O-])cc1. The van der Waals surface area contributed by atoms with Crippen molar-refractivity contribution < 1.29 is 24.0 Å². The van der Waals surface area contributed by atoms with Crippen molar-refractivity contribution in [3.63, 3.8) is 0 Å². The van der Waals surface area contributed by atoms with Crippen LogP contribution in [0.1, 0.15) is 47.8 Å². The summed E-state index contributed by atoms with van der Waals surface area (Å²) in [4.78, 5) is 35.8. The van der Waals surface area contributed by atoms with Gasteiger partial charge in [-0.15, -0.1) is 0 Å². The van der Waals surface area contributed by atoms with Crippen LogP contribution in [-0.4, -0.2) is 35.6 Å². The molecule has 0 saturated carbocycles. The monoisotopic (exact) mass is 532 g/mol. The average molecular weight is 533 g/mol. The summed E-state index contributed by atoms with van der Waals surface area (Å²) in [6.45, 7) is 8.07. The van der Waals surface area contributed by atoms with Crippen LogP contribution in [0, 0.1) is 23.0 Å². The molecule has 0 saturated heterocycles. The van der Waals surface area contributed by atoms with E-state index in [1.807, 2.05) is 39.8 Å². The molecule has 0 radical (unpaired) electrons. The highest BCUT2D eigenvalue weighted by Gasteiger charge is 2.24. The number of hydrogen-bond acceptors (Lipinski definition) is 7. The van der Waals surface area contributed by atoms with E-state index in [4.69, 9.17) is 9.47 Å². The van der Waals surface area contributed by atoms with E-state index in [0.717, 1.165) is 11.1 Å². The molecule has 1 unspecified atom stereocenters. The number of non-ortho nitro benzene ring substituents is 1. The maximum absolute atomic E-state index is 12.8. The van der Waals surface area contributed by atoms with E-state index in [1.54, 1.807) is 42.5 Å². The van der Waals surface area contributed by atoms with E-state index < -0.39 is 16.9 Å². The van der Waals surface area contributed by atoms with Gasteiger partial charge in [-0.25, -0.2) is 5.43 Å². The molecule has 3 rings (SSSR count). The third-order valence-electron chi connectivity index (χ3n) is 5.75. The minimum atomic E-state index is -0.773. The van der Waals surface area contributed by atoms with Gasteiger partial charge in [0.2, 0.25) is 0 Å². The number of ether oxygens (including phenoxy) is 2. The summed E-state index contributed by atoms with van der Waals surface area (Å²) < 4.78 is 11.6. The van der Waals surface area contributed by atoms with Crippen LogP contribution in [0.3, 0.4) is 0 Å². The number of carbonyl (C=O) groups is 2. The standard InChI is InChI=1S/C29H32N4O6/c1-5-38-26-16-22(10-15-25(26)39-18-21-8-13-24(14-9-21)33(36)37)17-30-32-29(35)27(19(2)3)31-28(34)23-11-6-20(4)7-12-23/h6-17,19,27H,5,18H2,1-4H3,(H,31,34)(H,32,35)/b30-17-. The zero-order chi connectivity index (χ0) is 28.4. The Morgan fingerprint density at radius 3 is 2.31 bits per heavy atom. The highest BCUT2D eigenvalue weighted by molar-refractivity contribution is 5.97. The molecule has 204 valence electrons. The quantitative estimate of drug-likeness (QED) is 0.196. The van der Waals surface area contributed by atoms with Gasteiger partial charge in [0.15, 0.2) is 11.5 Å². The highest BCUT2D eigenvalue weighted by atomic mass is 16.6. The fourth-order valence-corrected chi connectivity index (χ4v) is 3.57. The number of carbonyl (C=O) groups excluding carboxylic acids is 2. The fourth-order valence-electron chi connectivity index (χ4n) is 3.57. The number of aryl methyl sites for hydroxylation is 1. The summed E-state index contributed by atoms with van der Waals surface area (Å²) in [5.74, 6) is 0.0508. The van der Waals surface area contributed by atoms with Crippen LogP contribution < -0.4 is 20.2 Å². The average Bonchev–Trinajstić information content (AvgIpc) is 2.91. The first kappa shape index (κ1) is 28.8. The summed E-state index contributed by atoms with van der Waals surface area (Å²) in [5.41, 5.74) is 5.45. The van der Waals surface area contributed by atoms with Gasteiger partial charge in [-0.1, -0.05) is 31.5 Å². The minimum Gasteiger partial charge on any atom is -0.490 e. The first-order chi connectivity index (χ1) is 18.7. The largest absolute Gasteiger partial charge is 0.490 e. The molecule has 3 aromatic carbocycles. The lowest BCUT2D eigenvalue weighted by Crippen LogP contribution is -2.48. The van der Waals surface area contributed by atoms with E-state index in [-0.39, 0.29) is 24.1 Å². The third kappa shape index (κ3) is 8.39. The Balaban J connectivity index is 1.62. The molecule has 10 heteroatoms. The molecular formula is C29H32N4O6. The predicted molar refractivity (Wildman–Crippen MR) is 148 cm³/mol. The Morgan fingerprint density at radius 1 is 1.00 bits per heavy atom. The number of hydrazone groups is 1. The van der Waals surface area contributed by atoms with Crippen molar-refractivity contribution in [2.24, 2.45) is 11.0 Å². The lowest BCUT2D eigenvalue weighted by Gasteiger charge is -2.20. The summed E-state index contributed by atoms with van der Waals surface area (Å²) in [6.07, 6.45) is 1.47. The van der Waals surface area contributed by atoms with Crippen molar-refractivity contribution in [2.75, 3.05) is 6.61 Å². The summed E-state index contributed by atoms with van der Waals surface area (Å²) in [6, 6.07) is 17.7. The smallest absolute Gasteiger partial charge is 0.269 e. The molecule has 2 amide bonds. The second kappa shape index (κ2) is 13.7. The summed E-state index contributed by atoms with van der Waals surface area (Å²) >= 11 is 0. The number of amides is 2. The van der Waals surface area contributed by atoms with E-state index >= 15 is 0 Å². The molecule has 0 aliphatic rings. The second-order valence-corrected chi connectivity index (χ2v) is 9.15. The second-order valence-electron chi connectivity index (χ2n) is 9.15. The molecule has 2 N–H and O–H groups in total. The Labute approximate surface area is 227 Å². The summed E-state index contributed by atoms with van der Waals surface area (Å²) in [7, 11) is 0. The van der Waals surface area contributed by atoms with Crippen LogP contribution in [-0.2, 0) is 11.4 Å². The Morgan fingerprint density at radius 2 is 1.69 bits per heavy atom. The lowest BCUT2D eigenvalue weighted by molar-refractivity contribution is -0.384. The first-order valence-electron chi connectivity index (χ1n) is 12.5. The Bertz CT molecular complexity index is 1320. The number of nitrogens with one attached hydrogen (secondary N) is 2. The van der Waals surface area contributed by atoms with Crippen LogP contribution in [0.4, 0.5) is 5.69 Å². The molecule has 39 heavy (non-hydrogen) atoms. The van der Waals surface area contributed by atoms with Crippen molar-refractivity contribution >= 4 is 23.7 Å². The first-order valence-corrected chi connectivity index (χ1v) is 12.5. The molecule has 0 aromatic heterocycles. The maximum Gasteiger partial charge on any atom is 0.269 e. The van der Waals surface area contributed by atoms with Crippen molar-refractivity contribution in [3.8, 4) is 11.5 Å². The van der Waals surface area contributed by atoms with Crippen molar-refractivity contribution in [3.05, 3.63) is 99.1 Å². The molecule has 0 spiro atoms. The van der Waals surface area contributed by atoms with Gasteiger partial charge in [0, 0.05) is 17.7 Å². The van der Waals surface area contributed by atoms with Gasteiger partial charge in [-0.05, 0) is 73.4 Å². The van der Waals surface area contributed by atoms with Gasteiger partial charge in [0.25, 0.3) is 17.5 Å². The molecule has 10 nitrogen and oxygen atoms in total. The van der Waals surface area contributed by atoms with Gasteiger partial charge >= 0.3 is 0 Å². The molecule has 0 aliphatic heterocycles. The van der Waals surface area contributed by atoms with Gasteiger partial charge in [-0.3, -0.25) is 19.7 Å². The fraction of sp³-hybridized carbons (Fsp3) is 0.276. The van der Waals surface area contributed by atoms with Crippen LogP contribution in [0.15, 0.2) is 71.8 Å². The van der Waals surface area contributed by atoms with Crippen LogP contribution in [0.2, 0.25) is 0 Å². The van der Waals surface area contributed by atoms with Crippen molar-refractivity contribution in [1.29, 1.82) is 0 Å². The number of nitrogens with zero attached hydrogens (tertiary/aromatic N) is 2. The summed E-state index contributed by atoms with van der Waals surface area (Å²) in [5, 5.41) is 17.7. The van der Waals surface area contributed by atoms with Crippen LogP contribution in [0.25, 0.3) is 0 Å². The number of nitro benzene ring substituents is 1. The number of hydrogen-bond donors (Lipinski definition) is 2. The number of nitro groups is 1. The number of benzene rings is 3. The third-order valence-corrected chi connectivity index (χ3v) is 5.75. The minimum absolute atomic E-state index is 0.0119. The van der Waals surface area contributed by atoms with Gasteiger partial charge in [-0.2, -0.15) is 5.10 Å². The highest BCUT2D eigenvalue weighted by Crippen LogP contribution is 2.29. The number of rotatable bonds is 12. The Kier molecular flexibility index (Phi) is 10.1. The van der Waals surface area contributed by atoms with E-state index in [1.165, 1.54) is 18.3 Å². The van der Waals surface area contributed by atoms with E-state index in [9.17, 15) is 19.7 Å². The van der Waals surface area contributed by atoms with Crippen LogP contribution >= 0.6 is 0 Å². The topological polar surface area (TPSA) is 132 Å².